The molecule has 2 nitrogen and oxygen atoms in total. The minimum Gasteiger partial charge on any atom is -0.311 e. The molecule has 0 bridgehead atoms. The second-order valence-corrected chi connectivity index (χ2v) is 14.3. The van der Waals surface area contributed by atoms with Gasteiger partial charge in [0.15, 0.2) is 0 Å². The Labute approximate surface area is 312 Å². The molecule has 9 rings (SSSR count). The molecule has 0 saturated heterocycles. The fraction of sp³-hybridized carbons (Fsp3) is 0.0588. The summed E-state index contributed by atoms with van der Waals surface area (Å²) in [4.78, 5) is 4.70. The maximum atomic E-state index is 2.42. The van der Waals surface area contributed by atoms with Crippen LogP contribution >= 0.6 is 0 Å². The third kappa shape index (κ3) is 5.99. The lowest BCUT2D eigenvalue weighted by Gasteiger charge is -2.29. The van der Waals surface area contributed by atoms with Gasteiger partial charge in [0.1, 0.15) is 0 Å². The molecule has 0 amide bonds. The number of hydrogen-bond acceptors (Lipinski definition) is 2. The van der Waals surface area contributed by atoms with Crippen LogP contribution in [0.15, 0.2) is 194 Å². The predicted molar refractivity (Wildman–Crippen MR) is 226 cm³/mol. The number of nitrogens with zero attached hydrogens (tertiary/aromatic N) is 2. The molecule has 0 N–H and O–H groups in total. The molecular weight excluding hydrogens is 641 g/mol. The summed E-state index contributed by atoms with van der Waals surface area (Å²) in [7, 11) is 0. The van der Waals surface area contributed by atoms with E-state index in [0.29, 0.717) is 0 Å². The van der Waals surface area contributed by atoms with Crippen LogP contribution in [0.2, 0.25) is 0 Å². The Morgan fingerprint density at radius 2 is 0.868 bits per heavy atom. The molecule has 2 heteroatoms. The minimum absolute atomic E-state index is 0.0827. The van der Waals surface area contributed by atoms with Gasteiger partial charge in [-0.05, 0) is 105 Å². The Kier molecular flexibility index (Phi) is 8.21. The first-order chi connectivity index (χ1) is 26.0. The summed E-state index contributed by atoms with van der Waals surface area (Å²) in [6.07, 6.45) is 4.39. The van der Waals surface area contributed by atoms with Crippen LogP contribution in [0.5, 0.6) is 0 Å². The average Bonchev–Trinajstić information content (AvgIpc) is 3.44. The van der Waals surface area contributed by atoms with Crippen molar-refractivity contribution in [3.63, 3.8) is 0 Å². The Morgan fingerprint density at radius 1 is 0.377 bits per heavy atom. The molecule has 1 aliphatic rings. The van der Waals surface area contributed by atoms with E-state index in [1.165, 1.54) is 38.7 Å². The maximum absolute atomic E-state index is 2.42. The highest BCUT2D eigenvalue weighted by Crippen LogP contribution is 2.51. The van der Waals surface area contributed by atoms with E-state index in [-0.39, 0.29) is 5.41 Å². The van der Waals surface area contributed by atoms with Gasteiger partial charge in [0.05, 0.1) is 5.69 Å². The van der Waals surface area contributed by atoms with Gasteiger partial charge in [0, 0.05) is 39.2 Å². The van der Waals surface area contributed by atoms with Crippen LogP contribution in [-0.2, 0) is 5.41 Å². The zero-order valence-corrected chi connectivity index (χ0v) is 30.0. The van der Waals surface area contributed by atoms with Crippen molar-refractivity contribution in [2.24, 2.45) is 0 Å². The van der Waals surface area contributed by atoms with Crippen LogP contribution in [0.25, 0.3) is 34.1 Å². The van der Waals surface area contributed by atoms with Crippen molar-refractivity contribution in [3.05, 3.63) is 216 Å². The third-order valence-electron chi connectivity index (χ3n) is 10.6. The van der Waals surface area contributed by atoms with Gasteiger partial charge < -0.3 is 9.80 Å². The average molecular weight is 681 g/mol. The van der Waals surface area contributed by atoms with E-state index < -0.39 is 0 Å². The van der Waals surface area contributed by atoms with E-state index in [2.05, 4.69) is 230 Å². The van der Waals surface area contributed by atoms with E-state index in [0.717, 1.165) is 39.6 Å². The molecule has 0 aromatic heterocycles. The van der Waals surface area contributed by atoms with Gasteiger partial charge in [-0.2, -0.15) is 0 Å². The SMILES string of the molecule is CC1(C)c2ccccc2-c2ccc(N(c3ccc(/C=C/c4ccc(N(c5ccccc5)c5ccccc5)cc4)cc3)c3cccc4ccccc34)cc21. The lowest BCUT2D eigenvalue weighted by Crippen LogP contribution is -2.16. The molecule has 0 spiro atoms. The van der Waals surface area contributed by atoms with Crippen molar-refractivity contribution in [3.8, 4) is 11.1 Å². The molecule has 0 atom stereocenters. The maximum Gasteiger partial charge on any atom is 0.0540 e. The van der Waals surface area contributed by atoms with Gasteiger partial charge in [-0.1, -0.05) is 153 Å². The van der Waals surface area contributed by atoms with Crippen LogP contribution in [0.4, 0.5) is 34.1 Å². The second-order valence-electron chi connectivity index (χ2n) is 14.3. The number of benzene rings is 8. The van der Waals surface area contributed by atoms with Crippen LogP contribution in [-0.4, -0.2) is 0 Å². The molecule has 254 valence electrons. The van der Waals surface area contributed by atoms with Crippen molar-refractivity contribution in [1.82, 2.24) is 0 Å². The fourth-order valence-corrected chi connectivity index (χ4v) is 7.92. The van der Waals surface area contributed by atoms with Gasteiger partial charge in [-0.25, -0.2) is 0 Å². The minimum atomic E-state index is -0.0827. The summed E-state index contributed by atoms with van der Waals surface area (Å²) < 4.78 is 0. The quantitative estimate of drug-likeness (QED) is 0.147. The molecule has 8 aromatic rings. The van der Waals surface area contributed by atoms with Crippen molar-refractivity contribution in [2.45, 2.75) is 19.3 Å². The van der Waals surface area contributed by atoms with Crippen molar-refractivity contribution >= 4 is 57.0 Å². The summed E-state index contributed by atoms with van der Waals surface area (Å²) >= 11 is 0. The first-order valence-corrected chi connectivity index (χ1v) is 18.4. The molecule has 0 heterocycles. The van der Waals surface area contributed by atoms with E-state index in [1.807, 2.05) is 0 Å². The van der Waals surface area contributed by atoms with Gasteiger partial charge in [0.2, 0.25) is 0 Å². The van der Waals surface area contributed by atoms with Gasteiger partial charge in [-0.3, -0.25) is 0 Å². The molecule has 0 saturated carbocycles. The summed E-state index contributed by atoms with van der Waals surface area (Å²) in [6.45, 7) is 4.70. The molecule has 0 radical (unpaired) electrons. The molecule has 0 aliphatic heterocycles. The topological polar surface area (TPSA) is 6.48 Å². The Hall–Kier alpha value is -6.64. The summed E-state index contributed by atoms with van der Waals surface area (Å²) in [5.74, 6) is 0. The van der Waals surface area contributed by atoms with E-state index >= 15 is 0 Å². The summed E-state index contributed by atoms with van der Waals surface area (Å²) in [5.41, 5.74) is 14.5. The van der Waals surface area contributed by atoms with E-state index in [4.69, 9.17) is 0 Å². The van der Waals surface area contributed by atoms with Crippen molar-refractivity contribution in [1.29, 1.82) is 0 Å². The number of hydrogen-bond donors (Lipinski definition) is 0. The number of fused-ring (bicyclic) bond motifs is 4. The van der Waals surface area contributed by atoms with Crippen LogP contribution < -0.4 is 9.80 Å². The Morgan fingerprint density at radius 3 is 1.53 bits per heavy atom. The third-order valence-corrected chi connectivity index (χ3v) is 10.6. The second kappa shape index (κ2) is 13.5. The molecule has 1 aliphatic carbocycles. The van der Waals surface area contributed by atoms with Crippen LogP contribution in [0.1, 0.15) is 36.1 Å². The van der Waals surface area contributed by atoms with Gasteiger partial charge >= 0.3 is 0 Å². The zero-order chi connectivity index (χ0) is 35.8. The lowest BCUT2D eigenvalue weighted by molar-refractivity contribution is 0.660. The van der Waals surface area contributed by atoms with E-state index in [9.17, 15) is 0 Å². The highest BCUT2D eigenvalue weighted by Gasteiger charge is 2.35. The van der Waals surface area contributed by atoms with Crippen molar-refractivity contribution in [2.75, 3.05) is 9.80 Å². The molecule has 0 fully saturated rings. The summed E-state index contributed by atoms with van der Waals surface area (Å²) in [6, 6.07) is 69.9. The molecule has 8 aromatic carbocycles. The number of rotatable bonds is 8. The number of anilines is 6. The normalized spacial score (nSPS) is 12.8. The van der Waals surface area contributed by atoms with Gasteiger partial charge in [-0.15, -0.1) is 0 Å². The first kappa shape index (κ1) is 32.3. The van der Waals surface area contributed by atoms with E-state index in [1.54, 1.807) is 0 Å². The monoisotopic (exact) mass is 680 g/mol. The highest BCUT2D eigenvalue weighted by molar-refractivity contribution is 5.99. The molecular formula is C51H40N2. The number of para-hydroxylation sites is 2. The smallest absolute Gasteiger partial charge is 0.0540 e. The standard InChI is InChI=1S/C51H40N2/c1-51(2)48-22-12-11-21-46(48)47-35-34-44(36-49(47)51)53(50-23-13-15-39-14-9-10-20-45(39)50)43-32-28-38(29-33-43)25-24-37-26-30-42(31-27-37)52(40-16-5-3-6-17-40)41-18-7-4-8-19-41/h3-36H,1-2H3/b25-24+. The van der Waals surface area contributed by atoms with Gasteiger partial charge in [0.25, 0.3) is 0 Å². The molecule has 0 unspecified atom stereocenters. The van der Waals surface area contributed by atoms with Crippen LogP contribution in [0, 0.1) is 0 Å². The Bertz CT molecular complexity index is 2520. The predicted octanol–water partition coefficient (Wildman–Crippen LogP) is 14.3. The first-order valence-electron chi connectivity index (χ1n) is 18.4. The lowest BCUT2D eigenvalue weighted by atomic mass is 9.82. The summed E-state index contributed by atoms with van der Waals surface area (Å²) in [5, 5.41) is 2.45. The highest BCUT2D eigenvalue weighted by atomic mass is 15.1. The van der Waals surface area contributed by atoms with Crippen molar-refractivity contribution < 1.29 is 0 Å². The largest absolute Gasteiger partial charge is 0.311 e. The zero-order valence-electron chi connectivity index (χ0n) is 30.0. The Balaban J connectivity index is 1.04. The fourth-order valence-electron chi connectivity index (χ4n) is 7.92. The molecule has 53 heavy (non-hydrogen) atoms. The van der Waals surface area contributed by atoms with Crippen LogP contribution in [0.3, 0.4) is 0 Å².